The van der Waals surface area contributed by atoms with Crippen molar-refractivity contribution < 1.29 is 18.7 Å². The lowest BCUT2D eigenvalue weighted by Crippen LogP contribution is -2.19. The Balaban J connectivity index is 1.38. The highest BCUT2D eigenvalue weighted by Gasteiger charge is 2.22. The molecule has 0 atom stereocenters. The minimum Gasteiger partial charge on any atom is -0.496 e. The second kappa shape index (κ2) is 10.1. The van der Waals surface area contributed by atoms with Gasteiger partial charge in [0.2, 0.25) is 5.91 Å². The molecule has 3 aromatic carbocycles. The van der Waals surface area contributed by atoms with Crippen molar-refractivity contribution in [3.8, 4) is 17.2 Å². The molecule has 1 fully saturated rings. The first-order valence-electron chi connectivity index (χ1n) is 10.8. The number of rotatable bonds is 9. The molecule has 1 saturated heterocycles. The van der Waals surface area contributed by atoms with E-state index in [9.17, 15) is 9.18 Å². The van der Waals surface area contributed by atoms with Crippen molar-refractivity contribution in [2.75, 3.05) is 13.7 Å². The zero-order valence-electron chi connectivity index (χ0n) is 18.9. The third-order valence-corrected chi connectivity index (χ3v) is 5.44. The van der Waals surface area contributed by atoms with Crippen LogP contribution in [0.2, 0.25) is 0 Å². The molecule has 2 N–H and O–H groups in total. The summed E-state index contributed by atoms with van der Waals surface area (Å²) in [6.45, 7) is 9.47. The van der Waals surface area contributed by atoms with Gasteiger partial charge in [0.25, 0.3) is 0 Å². The maximum atomic E-state index is 13.0. The van der Waals surface area contributed by atoms with E-state index in [2.05, 4.69) is 23.8 Å². The fourth-order valence-corrected chi connectivity index (χ4v) is 3.63. The van der Waals surface area contributed by atoms with Crippen molar-refractivity contribution in [2.45, 2.75) is 13.1 Å². The molecule has 3 aromatic rings. The van der Waals surface area contributed by atoms with E-state index in [0.717, 1.165) is 22.4 Å². The van der Waals surface area contributed by atoms with Crippen molar-refractivity contribution in [1.29, 1.82) is 0 Å². The maximum absolute atomic E-state index is 13.0. The van der Waals surface area contributed by atoms with E-state index in [0.29, 0.717) is 42.7 Å². The van der Waals surface area contributed by atoms with Gasteiger partial charge in [0.1, 0.15) is 28.9 Å². The summed E-state index contributed by atoms with van der Waals surface area (Å²) in [5.74, 6) is 2.19. The fraction of sp³-hybridized carbons (Fsp3) is 0.148. The monoisotopic (exact) mass is 459 g/mol. The number of methoxy groups -OCH3 is 1. The molecule has 1 heterocycles. The van der Waals surface area contributed by atoms with Gasteiger partial charge in [-0.1, -0.05) is 31.4 Å². The SMILES string of the molecule is C=C(NCc1ccc(Oc2ccc(F)cc2)cc1)c1cc(CN2CC(=O)NC2=C)ccc1OC. The highest BCUT2D eigenvalue weighted by atomic mass is 19.1. The number of carbonyl (C=O) groups excluding carboxylic acids is 1. The van der Waals surface area contributed by atoms with Crippen LogP contribution in [0.3, 0.4) is 0 Å². The molecule has 0 bridgehead atoms. The van der Waals surface area contributed by atoms with Gasteiger partial charge >= 0.3 is 0 Å². The van der Waals surface area contributed by atoms with Gasteiger partial charge in [-0.05, 0) is 59.7 Å². The largest absolute Gasteiger partial charge is 0.496 e. The molecule has 1 aliphatic heterocycles. The van der Waals surface area contributed by atoms with Crippen LogP contribution in [-0.2, 0) is 17.9 Å². The van der Waals surface area contributed by atoms with Crippen LogP contribution in [0.25, 0.3) is 5.70 Å². The molecule has 0 radical (unpaired) electrons. The lowest BCUT2D eigenvalue weighted by atomic mass is 10.1. The van der Waals surface area contributed by atoms with Crippen LogP contribution < -0.4 is 20.1 Å². The van der Waals surface area contributed by atoms with Crippen LogP contribution in [0, 0.1) is 5.82 Å². The Hall–Kier alpha value is -4.26. The van der Waals surface area contributed by atoms with Gasteiger partial charge in [-0.25, -0.2) is 4.39 Å². The van der Waals surface area contributed by atoms with Gasteiger partial charge in [-0.3, -0.25) is 4.79 Å². The Morgan fingerprint density at radius 2 is 1.71 bits per heavy atom. The van der Waals surface area contributed by atoms with Crippen LogP contribution in [0.15, 0.2) is 85.7 Å². The molecule has 1 aliphatic rings. The minimum atomic E-state index is -0.301. The van der Waals surface area contributed by atoms with Gasteiger partial charge in [0.05, 0.1) is 13.7 Å². The van der Waals surface area contributed by atoms with Crippen LogP contribution >= 0.6 is 0 Å². The second-order valence-electron chi connectivity index (χ2n) is 7.92. The third kappa shape index (κ3) is 5.56. The third-order valence-electron chi connectivity index (χ3n) is 5.44. The molecular formula is C27H26FN3O3. The van der Waals surface area contributed by atoms with Gasteiger partial charge in [0, 0.05) is 24.4 Å². The van der Waals surface area contributed by atoms with Crippen LogP contribution in [0.5, 0.6) is 17.2 Å². The lowest BCUT2D eigenvalue weighted by molar-refractivity contribution is -0.118. The van der Waals surface area contributed by atoms with E-state index in [-0.39, 0.29) is 11.7 Å². The molecule has 0 aliphatic carbocycles. The predicted octanol–water partition coefficient (Wildman–Crippen LogP) is 4.79. The van der Waals surface area contributed by atoms with E-state index >= 15 is 0 Å². The topological polar surface area (TPSA) is 62.8 Å². The summed E-state index contributed by atoms with van der Waals surface area (Å²) in [5, 5.41) is 6.07. The molecule has 7 heteroatoms. The molecular weight excluding hydrogens is 433 g/mol. The molecule has 0 unspecified atom stereocenters. The molecule has 6 nitrogen and oxygen atoms in total. The number of amides is 1. The number of carbonyl (C=O) groups is 1. The zero-order valence-corrected chi connectivity index (χ0v) is 18.9. The molecule has 0 spiro atoms. The summed E-state index contributed by atoms with van der Waals surface area (Å²) in [4.78, 5) is 13.5. The summed E-state index contributed by atoms with van der Waals surface area (Å²) < 4.78 is 24.3. The van der Waals surface area contributed by atoms with Crippen LogP contribution in [0.4, 0.5) is 4.39 Å². The summed E-state index contributed by atoms with van der Waals surface area (Å²) in [6.07, 6.45) is 0. The standard InChI is InChI=1S/C27H26FN3O3/c1-18(25-14-21(6-13-26(25)33-3)16-31-17-27(32)30-19(31)2)29-15-20-4-9-23(10-5-20)34-24-11-7-22(28)8-12-24/h4-14,29H,1-2,15-17H2,3H3,(H,30,32). The predicted molar refractivity (Wildman–Crippen MR) is 129 cm³/mol. The highest BCUT2D eigenvalue weighted by molar-refractivity contribution is 5.82. The van der Waals surface area contributed by atoms with E-state index < -0.39 is 0 Å². The molecule has 0 saturated carbocycles. The number of hydrogen-bond donors (Lipinski definition) is 2. The van der Waals surface area contributed by atoms with Gasteiger partial charge in [-0.15, -0.1) is 0 Å². The summed E-state index contributed by atoms with van der Waals surface area (Å²) in [6, 6.07) is 19.4. The quantitative estimate of drug-likeness (QED) is 0.482. The first-order chi connectivity index (χ1) is 16.4. The maximum Gasteiger partial charge on any atom is 0.245 e. The molecule has 0 aromatic heterocycles. The van der Waals surface area contributed by atoms with E-state index in [4.69, 9.17) is 9.47 Å². The number of ether oxygens (including phenoxy) is 2. The van der Waals surface area contributed by atoms with Crippen molar-refractivity contribution in [2.24, 2.45) is 0 Å². The van der Waals surface area contributed by atoms with Crippen molar-refractivity contribution >= 4 is 11.6 Å². The molecule has 174 valence electrons. The number of nitrogens with zero attached hydrogens (tertiary/aromatic N) is 1. The number of benzene rings is 3. The second-order valence-corrected chi connectivity index (χ2v) is 7.92. The summed E-state index contributed by atoms with van der Waals surface area (Å²) in [7, 11) is 1.62. The molecule has 1 amide bonds. The minimum absolute atomic E-state index is 0.0566. The van der Waals surface area contributed by atoms with E-state index in [1.807, 2.05) is 47.4 Å². The summed E-state index contributed by atoms with van der Waals surface area (Å²) >= 11 is 0. The van der Waals surface area contributed by atoms with E-state index in [1.165, 1.54) is 12.1 Å². The Morgan fingerprint density at radius 3 is 2.32 bits per heavy atom. The van der Waals surface area contributed by atoms with Gasteiger partial charge in [-0.2, -0.15) is 0 Å². The fourth-order valence-electron chi connectivity index (χ4n) is 3.63. The first-order valence-corrected chi connectivity index (χ1v) is 10.8. The molecule has 34 heavy (non-hydrogen) atoms. The Labute approximate surface area is 198 Å². The van der Waals surface area contributed by atoms with Gasteiger partial charge in [0.15, 0.2) is 0 Å². The Bertz CT molecular complexity index is 1210. The van der Waals surface area contributed by atoms with Crippen molar-refractivity contribution in [3.63, 3.8) is 0 Å². The van der Waals surface area contributed by atoms with Crippen molar-refractivity contribution in [1.82, 2.24) is 15.5 Å². The lowest BCUT2D eigenvalue weighted by Gasteiger charge is -2.19. The zero-order chi connectivity index (χ0) is 24.1. The average Bonchev–Trinajstić information content (AvgIpc) is 3.16. The Morgan fingerprint density at radius 1 is 1.06 bits per heavy atom. The average molecular weight is 460 g/mol. The number of nitrogens with one attached hydrogen (secondary N) is 2. The number of halogens is 1. The van der Waals surface area contributed by atoms with Crippen molar-refractivity contribution in [3.05, 3.63) is 108 Å². The summed E-state index contributed by atoms with van der Waals surface area (Å²) in [5.41, 5.74) is 3.62. The van der Waals surface area contributed by atoms with Crippen LogP contribution in [0.1, 0.15) is 16.7 Å². The first kappa shape index (κ1) is 22.9. The Kier molecular flexibility index (Phi) is 6.82. The van der Waals surface area contributed by atoms with E-state index in [1.54, 1.807) is 19.2 Å². The smallest absolute Gasteiger partial charge is 0.245 e. The highest BCUT2D eigenvalue weighted by Crippen LogP contribution is 2.27. The molecule has 4 rings (SSSR count). The van der Waals surface area contributed by atoms with Gasteiger partial charge < -0.3 is 25.0 Å². The van der Waals surface area contributed by atoms with Crippen LogP contribution in [-0.4, -0.2) is 24.5 Å². The number of hydrogen-bond acceptors (Lipinski definition) is 5. The normalized spacial score (nSPS) is 12.9.